The molecule has 0 atom stereocenters. The van der Waals surface area contributed by atoms with Crippen LogP contribution in [0.25, 0.3) is 0 Å². The van der Waals surface area contributed by atoms with Gasteiger partial charge in [-0.3, -0.25) is 10.1 Å². The number of benzene rings is 2. The fraction of sp³-hybridized carbons (Fsp3) is 0.211. The average Bonchev–Trinajstić information content (AvgIpc) is 3.15. The maximum atomic E-state index is 11.9. The van der Waals surface area contributed by atoms with E-state index >= 15 is 0 Å². The number of rotatable bonds is 10. The first-order chi connectivity index (χ1) is 13.3. The van der Waals surface area contributed by atoms with Crippen molar-refractivity contribution >= 4 is 34.1 Å². The van der Waals surface area contributed by atoms with Crippen LogP contribution in [0.1, 0.15) is 6.42 Å². The zero-order chi connectivity index (χ0) is 18.7. The molecule has 0 radical (unpaired) electrons. The zero-order valence-corrected chi connectivity index (χ0v) is 16.2. The fourth-order valence-electron chi connectivity index (χ4n) is 2.06. The number of hydrogen-bond acceptors (Lipinski definition) is 7. The summed E-state index contributed by atoms with van der Waals surface area (Å²) in [5, 5.41) is 11.2. The molecule has 3 rings (SSSR count). The van der Waals surface area contributed by atoms with Gasteiger partial charge in [-0.2, -0.15) is 0 Å². The summed E-state index contributed by atoms with van der Waals surface area (Å²) < 4.78 is 11.9. The summed E-state index contributed by atoms with van der Waals surface area (Å²) in [6.07, 6.45) is 0.895. The number of ether oxygens (including phenoxy) is 2. The molecule has 1 N–H and O–H groups in total. The first kappa shape index (κ1) is 19.2. The smallest absolute Gasteiger partial charge is 0.264 e. The van der Waals surface area contributed by atoms with Gasteiger partial charge < -0.3 is 9.47 Å². The number of thioether (sulfide) groups is 1. The molecule has 1 aromatic heterocycles. The van der Waals surface area contributed by atoms with E-state index in [2.05, 4.69) is 15.5 Å². The molecule has 0 saturated heterocycles. The standard InChI is InChI=1S/C19H19N3O3S2/c23-17(14-25-16-10-5-2-6-11-16)20-18-21-22-19(27-18)26-13-7-12-24-15-8-3-1-4-9-15/h1-6,8-11H,7,12-14H2,(H,20,21,23). The number of anilines is 1. The number of aromatic nitrogens is 2. The van der Waals surface area contributed by atoms with Crippen LogP contribution in [0.5, 0.6) is 11.5 Å². The molecule has 6 nitrogen and oxygen atoms in total. The fourth-order valence-corrected chi connectivity index (χ4v) is 3.82. The minimum atomic E-state index is -0.261. The van der Waals surface area contributed by atoms with E-state index in [1.54, 1.807) is 23.9 Å². The van der Waals surface area contributed by atoms with Crippen LogP contribution in [0.15, 0.2) is 65.0 Å². The summed E-state index contributed by atoms with van der Waals surface area (Å²) in [5.74, 6) is 2.13. The minimum Gasteiger partial charge on any atom is -0.494 e. The summed E-state index contributed by atoms with van der Waals surface area (Å²) in [6.45, 7) is 0.582. The molecule has 140 valence electrons. The Morgan fingerprint density at radius 2 is 1.63 bits per heavy atom. The van der Waals surface area contributed by atoms with Crippen molar-refractivity contribution in [2.24, 2.45) is 0 Å². The second-order valence-electron chi connectivity index (χ2n) is 5.39. The quantitative estimate of drug-likeness (QED) is 0.313. The highest BCUT2D eigenvalue weighted by Gasteiger charge is 2.09. The molecule has 0 aliphatic carbocycles. The van der Waals surface area contributed by atoms with Gasteiger partial charge in [0.2, 0.25) is 5.13 Å². The molecule has 27 heavy (non-hydrogen) atoms. The van der Waals surface area contributed by atoms with E-state index in [0.29, 0.717) is 17.5 Å². The van der Waals surface area contributed by atoms with Crippen molar-refractivity contribution in [3.63, 3.8) is 0 Å². The first-order valence-corrected chi connectivity index (χ1v) is 10.2. The van der Waals surface area contributed by atoms with Gasteiger partial charge in [-0.25, -0.2) is 0 Å². The van der Waals surface area contributed by atoms with Crippen molar-refractivity contribution in [1.82, 2.24) is 10.2 Å². The summed E-state index contributed by atoms with van der Waals surface area (Å²) in [7, 11) is 0. The highest BCUT2D eigenvalue weighted by atomic mass is 32.2. The molecule has 0 aliphatic rings. The van der Waals surface area contributed by atoms with Gasteiger partial charge in [0.15, 0.2) is 10.9 Å². The second kappa shape index (κ2) is 10.5. The van der Waals surface area contributed by atoms with Gasteiger partial charge in [-0.1, -0.05) is 59.5 Å². The Kier molecular flexibility index (Phi) is 7.49. The van der Waals surface area contributed by atoms with Gasteiger partial charge >= 0.3 is 0 Å². The third-order valence-electron chi connectivity index (χ3n) is 3.29. The zero-order valence-electron chi connectivity index (χ0n) is 14.5. The lowest BCUT2D eigenvalue weighted by molar-refractivity contribution is -0.118. The van der Waals surface area contributed by atoms with Crippen LogP contribution < -0.4 is 14.8 Å². The third kappa shape index (κ3) is 6.92. The lowest BCUT2D eigenvalue weighted by atomic mass is 10.3. The topological polar surface area (TPSA) is 73.3 Å². The maximum Gasteiger partial charge on any atom is 0.264 e. The predicted molar refractivity (Wildman–Crippen MR) is 108 cm³/mol. The Morgan fingerprint density at radius 1 is 0.963 bits per heavy atom. The summed E-state index contributed by atoms with van der Waals surface area (Å²) in [6, 6.07) is 18.9. The number of carbonyl (C=O) groups is 1. The number of para-hydroxylation sites is 2. The molecular formula is C19H19N3O3S2. The Labute approximate surface area is 165 Å². The maximum absolute atomic E-state index is 11.9. The van der Waals surface area contributed by atoms with Crippen molar-refractivity contribution in [1.29, 1.82) is 0 Å². The van der Waals surface area contributed by atoms with E-state index in [1.165, 1.54) is 11.3 Å². The van der Waals surface area contributed by atoms with Crippen LogP contribution in [-0.4, -0.2) is 35.1 Å². The Morgan fingerprint density at radius 3 is 2.33 bits per heavy atom. The molecule has 1 heterocycles. The van der Waals surface area contributed by atoms with Crippen LogP contribution in [0.3, 0.4) is 0 Å². The van der Waals surface area contributed by atoms with Gasteiger partial charge in [-0.05, 0) is 30.7 Å². The van der Waals surface area contributed by atoms with Crippen LogP contribution in [-0.2, 0) is 4.79 Å². The van der Waals surface area contributed by atoms with E-state index in [-0.39, 0.29) is 12.5 Å². The van der Waals surface area contributed by atoms with Gasteiger partial charge in [-0.15, -0.1) is 10.2 Å². The molecule has 3 aromatic rings. The Balaban J connectivity index is 1.32. The number of amides is 1. The summed E-state index contributed by atoms with van der Waals surface area (Å²) >= 11 is 2.95. The number of hydrogen-bond donors (Lipinski definition) is 1. The molecule has 0 bridgehead atoms. The highest BCUT2D eigenvalue weighted by Crippen LogP contribution is 2.26. The first-order valence-electron chi connectivity index (χ1n) is 8.41. The lowest BCUT2D eigenvalue weighted by Crippen LogP contribution is -2.20. The molecular weight excluding hydrogens is 382 g/mol. The number of nitrogens with one attached hydrogen (secondary N) is 1. The van der Waals surface area contributed by atoms with Gasteiger partial charge in [0.1, 0.15) is 11.5 Å². The largest absolute Gasteiger partial charge is 0.494 e. The molecule has 0 spiro atoms. The second-order valence-corrected chi connectivity index (χ2v) is 7.71. The highest BCUT2D eigenvalue weighted by molar-refractivity contribution is 8.01. The van der Waals surface area contributed by atoms with Gasteiger partial charge in [0.25, 0.3) is 5.91 Å². The molecule has 8 heteroatoms. The van der Waals surface area contributed by atoms with E-state index < -0.39 is 0 Å². The van der Waals surface area contributed by atoms with Crippen molar-refractivity contribution in [3.8, 4) is 11.5 Å². The van der Waals surface area contributed by atoms with E-state index in [0.717, 1.165) is 22.3 Å². The molecule has 2 aromatic carbocycles. The van der Waals surface area contributed by atoms with Crippen LogP contribution in [0.4, 0.5) is 5.13 Å². The van der Waals surface area contributed by atoms with Gasteiger partial charge in [0, 0.05) is 5.75 Å². The number of nitrogens with zero attached hydrogens (tertiary/aromatic N) is 2. The lowest BCUT2D eigenvalue weighted by Gasteiger charge is -2.05. The average molecular weight is 402 g/mol. The summed E-state index contributed by atoms with van der Waals surface area (Å²) in [5.41, 5.74) is 0. The number of carbonyl (C=O) groups excluding carboxylic acids is 1. The molecule has 1 amide bonds. The monoisotopic (exact) mass is 401 g/mol. The molecule has 0 unspecified atom stereocenters. The Hall–Kier alpha value is -2.58. The third-order valence-corrected chi connectivity index (χ3v) is 5.35. The molecule has 0 saturated carbocycles. The van der Waals surface area contributed by atoms with E-state index in [1.807, 2.05) is 48.5 Å². The normalized spacial score (nSPS) is 10.4. The van der Waals surface area contributed by atoms with Crippen molar-refractivity contribution in [2.45, 2.75) is 10.8 Å². The van der Waals surface area contributed by atoms with Gasteiger partial charge in [0.05, 0.1) is 6.61 Å². The van der Waals surface area contributed by atoms with Crippen LogP contribution in [0.2, 0.25) is 0 Å². The van der Waals surface area contributed by atoms with Crippen LogP contribution in [0, 0.1) is 0 Å². The van der Waals surface area contributed by atoms with Crippen molar-refractivity contribution in [3.05, 3.63) is 60.7 Å². The molecule has 0 fully saturated rings. The van der Waals surface area contributed by atoms with Crippen LogP contribution >= 0.6 is 23.1 Å². The minimum absolute atomic E-state index is 0.0666. The van der Waals surface area contributed by atoms with E-state index in [4.69, 9.17) is 9.47 Å². The van der Waals surface area contributed by atoms with Crippen molar-refractivity contribution < 1.29 is 14.3 Å². The van der Waals surface area contributed by atoms with Crippen molar-refractivity contribution in [2.75, 3.05) is 24.3 Å². The summed E-state index contributed by atoms with van der Waals surface area (Å²) in [4.78, 5) is 11.9. The Bertz CT molecular complexity index is 828. The van der Waals surface area contributed by atoms with E-state index in [9.17, 15) is 4.79 Å². The molecule has 0 aliphatic heterocycles. The predicted octanol–water partition coefficient (Wildman–Crippen LogP) is 4.12. The SMILES string of the molecule is O=C(COc1ccccc1)Nc1nnc(SCCCOc2ccccc2)s1.